The van der Waals surface area contributed by atoms with Crippen molar-refractivity contribution in [2.24, 2.45) is 0 Å². The SMILES string of the molecule is COc1ccc(C(CC(=O)O)NC(=O)Cc2ccc(O)cc2)c(OC)c1. The smallest absolute Gasteiger partial charge is 0.305 e. The highest BCUT2D eigenvalue weighted by molar-refractivity contribution is 5.80. The molecular formula is C19H21NO6. The molecule has 1 amide bonds. The van der Waals surface area contributed by atoms with Crippen molar-refractivity contribution in [1.82, 2.24) is 5.32 Å². The summed E-state index contributed by atoms with van der Waals surface area (Å²) >= 11 is 0. The van der Waals surface area contributed by atoms with Crippen LogP contribution >= 0.6 is 0 Å². The van der Waals surface area contributed by atoms with Gasteiger partial charge in [-0.15, -0.1) is 0 Å². The molecule has 0 radical (unpaired) electrons. The maximum atomic E-state index is 12.4. The van der Waals surface area contributed by atoms with Crippen LogP contribution in [0.2, 0.25) is 0 Å². The Morgan fingerprint density at radius 1 is 1.08 bits per heavy atom. The Morgan fingerprint density at radius 2 is 1.77 bits per heavy atom. The molecule has 0 saturated heterocycles. The summed E-state index contributed by atoms with van der Waals surface area (Å²) in [5, 5.41) is 21.2. The quantitative estimate of drug-likeness (QED) is 0.668. The molecule has 26 heavy (non-hydrogen) atoms. The number of methoxy groups -OCH3 is 2. The van der Waals surface area contributed by atoms with Crippen LogP contribution in [0.1, 0.15) is 23.6 Å². The molecule has 2 aromatic rings. The zero-order valence-corrected chi connectivity index (χ0v) is 14.6. The number of carboxylic acids is 1. The van der Waals surface area contributed by atoms with Gasteiger partial charge in [0, 0.05) is 11.6 Å². The third-order valence-corrected chi connectivity index (χ3v) is 3.83. The lowest BCUT2D eigenvalue weighted by molar-refractivity contribution is -0.137. The van der Waals surface area contributed by atoms with Gasteiger partial charge in [0.05, 0.1) is 33.1 Å². The van der Waals surface area contributed by atoms with Gasteiger partial charge in [-0.1, -0.05) is 12.1 Å². The first-order valence-electron chi connectivity index (χ1n) is 7.94. The highest BCUT2D eigenvalue weighted by atomic mass is 16.5. The highest BCUT2D eigenvalue weighted by Gasteiger charge is 2.22. The summed E-state index contributed by atoms with van der Waals surface area (Å²) in [7, 11) is 2.98. The van der Waals surface area contributed by atoms with E-state index in [9.17, 15) is 19.8 Å². The van der Waals surface area contributed by atoms with Crippen LogP contribution in [0.3, 0.4) is 0 Å². The van der Waals surface area contributed by atoms with Crippen molar-refractivity contribution in [1.29, 1.82) is 0 Å². The predicted octanol–water partition coefficient (Wildman–Crippen LogP) is 2.28. The van der Waals surface area contributed by atoms with Crippen LogP contribution in [0.25, 0.3) is 0 Å². The van der Waals surface area contributed by atoms with E-state index in [0.29, 0.717) is 22.6 Å². The molecule has 138 valence electrons. The molecule has 0 bridgehead atoms. The van der Waals surface area contributed by atoms with Gasteiger partial charge in [0.15, 0.2) is 0 Å². The maximum absolute atomic E-state index is 12.4. The molecule has 0 aromatic heterocycles. The Balaban J connectivity index is 2.20. The number of nitrogens with one attached hydrogen (secondary N) is 1. The molecule has 1 unspecified atom stereocenters. The molecule has 1 atom stereocenters. The number of amides is 1. The van der Waals surface area contributed by atoms with Crippen LogP contribution in [-0.2, 0) is 16.0 Å². The number of carbonyl (C=O) groups excluding carboxylic acids is 1. The van der Waals surface area contributed by atoms with Gasteiger partial charge in [-0.3, -0.25) is 9.59 Å². The fraction of sp³-hybridized carbons (Fsp3) is 0.263. The number of hydrogen-bond donors (Lipinski definition) is 3. The number of carboxylic acid groups (broad SMARTS) is 1. The van der Waals surface area contributed by atoms with Gasteiger partial charge >= 0.3 is 5.97 Å². The molecule has 0 saturated carbocycles. The third kappa shape index (κ3) is 5.14. The number of phenolic OH excluding ortho intramolecular Hbond substituents is 1. The van der Waals surface area contributed by atoms with E-state index >= 15 is 0 Å². The van der Waals surface area contributed by atoms with Gasteiger partial charge in [0.25, 0.3) is 0 Å². The van der Waals surface area contributed by atoms with Crippen molar-refractivity contribution in [3.8, 4) is 17.2 Å². The molecule has 0 heterocycles. The number of rotatable bonds is 8. The number of hydrogen-bond acceptors (Lipinski definition) is 5. The summed E-state index contributed by atoms with van der Waals surface area (Å²) < 4.78 is 10.4. The van der Waals surface area contributed by atoms with E-state index in [1.807, 2.05) is 0 Å². The summed E-state index contributed by atoms with van der Waals surface area (Å²) in [6.07, 6.45) is -0.223. The van der Waals surface area contributed by atoms with Crippen LogP contribution in [0, 0.1) is 0 Å². The maximum Gasteiger partial charge on any atom is 0.305 e. The van der Waals surface area contributed by atoms with Crippen LogP contribution in [-0.4, -0.2) is 36.3 Å². The molecule has 0 fully saturated rings. The highest BCUT2D eigenvalue weighted by Crippen LogP contribution is 2.31. The van der Waals surface area contributed by atoms with Gasteiger partial charge < -0.3 is 25.0 Å². The summed E-state index contributed by atoms with van der Waals surface area (Å²) in [6.45, 7) is 0. The van der Waals surface area contributed by atoms with Crippen LogP contribution in [0.4, 0.5) is 0 Å². The molecule has 7 heteroatoms. The fourth-order valence-electron chi connectivity index (χ4n) is 2.56. The second-order valence-corrected chi connectivity index (χ2v) is 5.67. The second kappa shape index (κ2) is 8.75. The number of phenols is 1. The summed E-state index contributed by atoms with van der Waals surface area (Å²) in [5.41, 5.74) is 1.26. The molecular weight excluding hydrogens is 338 g/mol. The molecule has 7 nitrogen and oxygen atoms in total. The van der Waals surface area contributed by atoms with Gasteiger partial charge in [0.1, 0.15) is 17.2 Å². The van der Waals surface area contributed by atoms with E-state index < -0.39 is 12.0 Å². The zero-order chi connectivity index (χ0) is 19.1. The standard InChI is InChI=1S/C19H21NO6/c1-25-14-7-8-15(17(10-14)26-2)16(11-19(23)24)20-18(22)9-12-3-5-13(21)6-4-12/h3-8,10,16,21H,9,11H2,1-2H3,(H,20,22)(H,23,24). The average Bonchev–Trinajstić information content (AvgIpc) is 2.62. The minimum Gasteiger partial charge on any atom is -0.508 e. The van der Waals surface area contributed by atoms with E-state index in [-0.39, 0.29) is 24.5 Å². The Kier molecular flexibility index (Phi) is 6.43. The van der Waals surface area contributed by atoms with E-state index in [1.54, 1.807) is 30.3 Å². The Labute approximate surface area is 151 Å². The molecule has 2 rings (SSSR count). The lowest BCUT2D eigenvalue weighted by Crippen LogP contribution is -2.31. The first-order valence-corrected chi connectivity index (χ1v) is 7.94. The minimum absolute atomic E-state index is 0.0644. The molecule has 0 aliphatic rings. The minimum atomic E-state index is -1.04. The van der Waals surface area contributed by atoms with Gasteiger partial charge in [-0.05, 0) is 29.8 Å². The summed E-state index contributed by atoms with van der Waals surface area (Å²) in [5.74, 6) is -0.269. The molecule has 0 aliphatic carbocycles. The van der Waals surface area contributed by atoms with Gasteiger partial charge in [-0.25, -0.2) is 0 Å². The Hall–Kier alpha value is -3.22. The van der Waals surface area contributed by atoms with E-state index in [4.69, 9.17) is 9.47 Å². The van der Waals surface area contributed by atoms with Crippen molar-refractivity contribution >= 4 is 11.9 Å². The lowest BCUT2D eigenvalue weighted by atomic mass is 10.0. The van der Waals surface area contributed by atoms with Gasteiger partial charge in [-0.2, -0.15) is 0 Å². The number of aliphatic carboxylic acids is 1. The van der Waals surface area contributed by atoms with E-state index in [0.717, 1.165) is 0 Å². The number of aromatic hydroxyl groups is 1. The van der Waals surface area contributed by atoms with Crippen molar-refractivity contribution in [2.75, 3.05) is 14.2 Å². The summed E-state index contributed by atoms with van der Waals surface area (Å²) in [6, 6.07) is 10.5. The monoisotopic (exact) mass is 359 g/mol. The molecule has 2 aromatic carbocycles. The fourth-order valence-corrected chi connectivity index (χ4v) is 2.56. The van der Waals surface area contributed by atoms with E-state index in [2.05, 4.69) is 5.32 Å². The number of carbonyl (C=O) groups is 2. The second-order valence-electron chi connectivity index (χ2n) is 5.67. The van der Waals surface area contributed by atoms with Crippen molar-refractivity contribution < 1.29 is 29.3 Å². The van der Waals surface area contributed by atoms with Crippen molar-refractivity contribution in [3.05, 3.63) is 53.6 Å². The predicted molar refractivity (Wildman–Crippen MR) is 94.5 cm³/mol. The zero-order valence-electron chi connectivity index (χ0n) is 14.6. The Morgan fingerprint density at radius 3 is 2.35 bits per heavy atom. The number of ether oxygens (including phenoxy) is 2. The largest absolute Gasteiger partial charge is 0.508 e. The van der Waals surface area contributed by atoms with E-state index in [1.165, 1.54) is 26.4 Å². The lowest BCUT2D eigenvalue weighted by Gasteiger charge is -2.20. The van der Waals surface area contributed by atoms with Crippen molar-refractivity contribution in [2.45, 2.75) is 18.9 Å². The van der Waals surface area contributed by atoms with Gasteiger partial charge in [0.2, 0.25) is 5.91 Å². The molecule has 0 aliphatic heterocycles. The molecule has 3 N–H and O–H groups in total. The topological polar surface area (TPSA) is 105 Å². The summed E-state index contributed by atoms with van der Waals surface area (Å²) in [4.78, 5) is 23.6. The third-order valence-electron chi connectivity index (χ3n) is 3.83. The van der Waals surface area contributed by atoms with Crippen LogP contribution in [0.5, 0.6) is 17.2 Å². The Bertz CT molecular complexity index is 772. The van der Waals surface area contributed by atoms with Crippen molar-refractivity contribution in [3.63, 3.8) is 0 Å². The average molecular weight is 359 g/mol. The molecule has 0 spiro atoms. The normalized spacial score (nSPS) is 11.5. The first-order chi connectivity index (χ1) is 12.4. The first kappa shape index (κ1) is 19.1. The van der Waals surface area contributed by atoms with Crippen LogP contribution in [0.15, 0.2) is 42.5 Å². The van der Waals surface area contributed by atoms with Crippen LogP contribution < -0.4 is 14.8 Å². The number of benzene rings is 2.